The SMILES string of the molecule is Cc1ccnc(N)c1C1(O)CCCN(C)CC1. The van der Waals surface area contributed by atoms with Gasteiger partial charge in [-0.3, -0.25) is 0 Å². The van der Waals surface area contributed by atoms with E-state index in [2.05, 4.69) is 16.9 Å². The van der Waals surface area contributed by atoms with E-state index >= 15 is 0 Å². The fourth-order valence-corrected chi connectivity index (χ4v) is 2.69. The molecule has 1 aromatic rings. The molecule has 4 heteroatoms. The summed E-state index contributed by atoms with van der Waals surface area (Å²) in [6, 6.07) is 1.91. The van der Waals surface area contributed by atoms with Gasteiger partial charge in [0, 0.05) is 18.3 Å². The molecular formula is C13H21N3O. The largest absolute Gasteiger partial charge is 0.385 e. The summed E-state index contributed by atoms with van der Waals surface area (Å²) in [4.78, 5) is 6.36. The van der Waals surface area contributed by atoms with Crippen molar-refractivity contribution in [1.82, 2.24) is 9.88 Å². The van der Waals surface area contributed by atoms with Crippen molar-refractivity contribution in [3.63, 3.8) is 0 Å². The number of aliphatic hydroxyl groups is 1. The molecule has 1 aliphatic heterocycles. The second-order valence-corrected chi connectivity index (χ2v) is 5.08. The van der Waals surface area contributed by atoms with Gasteiger partial charge in [-0.15, -0.1) is 0 Å². The number of aromatic nitrogens is 1. The molecule has 0 bridgehead atoms. The molecule has 94 valence electrons. The molecule has 1 aliphatic rings. The molecule has 1 fully saturated rings. The van der Waals surface area contributed by atoms with Crippen LogP contribution in [0.1, 0.15) is 30.4 Å². The van der Waals surface area contributed by atoms with Gasteiger partial charge < -0.3 is 15.7 Å². The molecule has 0 amide bonds. The van der Waals surface area contributed by atoms with Gasteiger partial charge in [0.1, 0.15) is 5.82 Å². The van der Waals surface area contributed by atoms with Crippen LogP contribution in [-0.4, -0.2) is 35.1 Å². The molecule has 1 unspecified atom stereocenters. The second kappa shape index (κ2) is 4.63. The molecule has 4 nitrogen and oxygen atoms in total. The number of rotatable bonds is 1. The average molecular weight is 235 g/mol. The van der Waals surface area contributed by atoms with E-state index in [9.17, 15) is 5.11 Å². The maximum absolute atomic E-state index is 10.9. The number of anilines is 1. The predicted molar refractivity (Wildman–Crippen MR) is 68.6 cm³/mol. The maximum Gasteiger partial charge on any atom is 0.129 e. The van der Waals surface area contributed by atoms with Gasteiger partial charge in [-0.1, -0.05) is 0 Å². The molecule has 17 heavy (non-hydrogen) atoms. The summed E-state index contributed by atoms with van der Waals surface area (Å²) < 4.78 is 0. The number of nitrogen functional groups attached to an aromatic ring is 1. The van der Waals surface area contributed by atoms with Gasteiger partial charge in [-0.25, -0.2) is 4.98 Å². The van der Waals surface area contributed by atoms with Crippen molar-refractivity contribution >= 4 is 5.82 Å². The Kier molecular flexibility index (Phi) is 3.35. The molecule has 2 rings (SSSR count). The molecular weight excluding hydrogens is 214 g/mol. The van der Waals surface area contributed by atoms with Crippen molar-refractivity contribution in [2.45, 2.75) is 31.8 Å². The van der Waals surface area contributed by atoms with Crippen LogP contribution in [0.4, 0.5) is 5.82 Å². The third kappa shape index (κ3) is 2.42. The van der Waals surface area contributed by atoms with Crippen molar-refractivity contribution in [1.29, 1.82) is 0 Å². The molecule has 0 aromatic carbocycles. The number of pyridine rings is 1. The Bertz CT molecular complexity index is 387. The van der Waals surface area contributed by atoms with Crippen LogP contribution < -0.4 is 5.73 Å². The topological polar surface area (TPSA) is 62.4 Å². The first kappa shape index (κ1) is 12.3. The summed E-state index contributed by atoms with van der Waals surface area (Å²) in [5.41, 5.74) is 6.99. The van der Waals surface area contributed by atoms with Crippen molar-refractivity contribution in [3.8, 4) is 0 Å². The van der Waals surface area contributed by atoms with Crippen LogP contribution in [0.5, 0.6) is 0 Å². The molecule has 0 spiro atoms. The number of aryl methyl sites for hydroxylation is 1. The first-order valence-electron chi connectivity index (χ1n) is 6.15. The van der Waals surface area contributed by atoms with Crippen LogP contribution in [0.15, 0.2) is 12.3 Å². The highest BCUT2D eigenvalue weighted by atomic mass is 16.3. The molecule has 1 atom stereocenters. The van der Waals surface area contributed by atoms with Crippen LogP contribution in [0.2, 0.25) is 0 Å². The quantitative estimate of drug-likeness (QED) is 0.769. The van der Waals surface area contributed by atoms with E-state index in [1.807, 2.05) is 13.0 Å². The molecule has 0 radical (unpaired) electrons. The second-order valence-electron chi connectivity index (χ2n) is 5.08. The fraction of sp³-hybridized carbons (Fsp3) is 0.615. The fourth-order valence-electron chi connectivity index (χ4n) is 2.69. The lowest BCUT2D eigenvalue weighted by atomic mass is 9.84. The van der Waals surface area contributed by atoms with E-state index in [1.165, 1.54) is 0 Å². The Balaban J connectivity index is 2.36. The standard InChI is InChI=1S/C13H21N3O/c1-10-4-7-15-12(14)11(10)13(17)5-3-8-16(2)9-6-13/h4,7,17H,3,5-6,8-9H2,1-2H3,(H2,14,15). The summed E-state index contributed by atoms with van der Waals surface area (Å²) in [5.74, 6) is 0.469. The Morgan fingerprint density at radius 1 is 1.41 bits per heavy atom. The monoisotopic (exact) mass is 235 g/mol. The third-order valence-corrected chi connectivity index (χ3v) is 3.69. The van der Waals surface area contributed by atoms with E-state index in [1.54, 1.807) is 6.20 Å². The highest BCUT2D eigenvalue weighted by Gasteiger charge is 2.34. The lowest BCUT2D eigenvalue weighted by Crippen LogP contribution is -2.30. The first-order chi connectivity index (χ1) is 8.03. The number of hydrogen-bond donors (Lipinski definition) is 2. The summed E-state index contributed by atoms with van der Waals surface area (Å²) in [7, 11) is 2.09. The average Bonchev–Trinajstić information content (AvgIpc) is 2.41. The minimum atomic E-state index is -0.812. The maximum atomic E-state index is 10.9. The van der Waals surface area contributed by atoms with Gasteiger partial charge in [0.2, 0.25) is 0 Å². The Morgan fingerprint density at radius 2 is 2.18 bits per heavy atom. The van der Waals surface area contributed by atoms with Crippen LogP contribution in [0.3, 0.4) is 0 Å². The Labute approximate surface area is 102 Å². The van der Waals surface area contributed by atoms with E-state index in [0.29, 0.717) is 5.82 Å². The van der Waals surface area contributed by atoms with Crippen molar-refractivity contribution in [2.24, 2.45) is 0 Å². The minimum Gasteiger partial charge on any atom is -0.385 e. The number of hydrogen-bond acceptors (Lipinski definition) is 4. The third-order valence-electron chi connectivity index (χ3n) is 3.69. The van der Waals surface area contributed by atoms with Gasteiger partial charge >= 0.3 is 0 Å². The Hall–Kier alpha value is -1.13. The van der Waals surface area contributed by atoms with Crippen LogP contribution in [0, 0.1) is 6.92 Å². The van der Waals surface area contributed by atoms with E-state index < -0.39 is 5.60 Å². The minimum absolute atomic E-state index is 0.469. The van der Waals surface area contributed by atoms with Gasteiger partial charge in [0.05, 0.1) is 5.60 Å². The van der Waals surface area contributed by atoms with Crippen LogP contribution >= 0.6 is 0 Å². The highest BCUT2D eigenvalue weighted by Crippen LogP contribution is 2.36. The molecule has 1 aromatic heterocycles. The normalized spacial score (nSPS) is 26.8. The van der Waals surface area contributed by atoms with Gasteiger partial charge in [0.25, 0.3) is 0 Å². The number of likely N-dealkylation sites (tertiary alicyclic amines) is 1. The van der Waals surface area contributed by atoms with E-state index in [0.717, 1.165) is 43.5 Å². The van der Waals surface area contributed by atoms with Crippen LogP contribution in [0.25, 0.3) is 0 Å². The molecule has 0 aliphatic carbocycles. The molecule has 1 saturated heterocycles. The molecule has 2 heterocycles. The zero-order chi connectivity index (χ0) is 12.5. The van der Waals surface area contributed by atoms with Gasteiger partial charge in [0.15, 0.2) is 0 Å². The first-order valence-corrected chi connectivity index (χ1v) is 6.15. The number of nitrogens with two attached hydrogens (primary N) is 1. The Morgan fingerprint density at radius 3 is 2.88 bits per heavy atom. The smallest absolute Gasteiger partial charge is 0.129 e. The predicted octanol–water partition coefficient (Wildman–Crippen LogP) is 1.28. The summed E-state index contributed by atoms with van der Waals surface area (Å²) >= 11 is 0. The number of nitrogens with zero attached hydrogens (tertiary/aromatic N) is 2. The summed E-state index contributed by atoms with van der Waals surface area (Å²) in [6.45, 7) is 3.91. The van der Waals surface area contributed by atoms with E-state index in [-0.39, 0.29) is 0 Å². The summed E-state index contributed by atoms with van der Waals surface area (Å²) in [6.07, 6.45) is 4.16. The molecule has 0 saturated carbocycles. The van der Waals surface area contributed by atoms with Gasteiger partial charge in [-0.2, -0.15) is 0 Å². The lowest BCUT2D eigenvalue weighted by Gasteiger charge is -2.29. The lowest BCUT2D eigenvalue weighted by molar-refractivity contribution is 0.0217. The van der Waals surface area contributed by atoms with Gasteiger partial charge in [-0.05, 0) is 51.4 Å². The van der Waals surface area contributed by atoms with Crippen molar-refractivity contribution in [2.75, 3.05) is 25.9 Å². The molecule has 3 N–H and O–H groups in total. The summed E-state index contributed by atoms with van der Waals surface area (Å²) in [5, 5.41) is 10.9. The van der Waals surface area contributed by atoms with Crippen molar-refractivity contribution < 1.29 is 5.11 Å². The van der Waals surface area contributed by atoms with Crippen molar-refractivity contribution in [3.05, 3.63) is 23.4 Å². The van der Waals surface area contributed by atoms with E-state index in [4.69, 9.17) is 5.73 Å². The zero-order valence-corrected chi connectivity index (χ0v) is 10.6. The van der Waals surface area contributed by atoms with Crippen LogP contribution in [-0.2, 0) is 5.60 Å². The highest BCUT2D eigenvalue weighted by molar-refractivity contribution is 5.47. The zero-order valence-electron chi connectivity index (χ0n) is 10.6.